The summed E-state index contributed by atoms with van der Waals surface area (Å²) in [7, 11) is 0. The maximum Gasteiger partial charge on any atom is 0.193 e. The predicted octanol–water partition coefficient (Wildman–Crippen LogP) is 2.87. The van der Waals surface area contributed by atoms with Gasteiger partial charge >= 0.3 is 0 Å². The van der Waals surface area contributed by atoms with Crippen LogP contribution in [0.5, 0.6) is 5.75 Å². The van der Waals surface area contributed by atoms with E-state index in [1.54, 1.807) is 13.8 Å². The zero-order chi connectivity index (χ0) is 11.4. The summed E-state index contributed by atoms with van der Waals surface area (Å²) < 4.78 is 48.1. The summed E-state index contributed by atoms with van der Waals surface area (Å²) in [6.45, 7) is 3.22. The molecule has 0 N–H and O–H groups in total. The van der Waals surface area contributed by atoms with Gasteiger partial charge in [0.25, 0.3) is 0 Å². The van der Waals surface area contributed by atoms with Crippen LogP contribution in [0.1, 0.15) is 13.8 Å². The monoisotopic (exact) mass is 220 g/mol. The van der Waals surface area contributed by atoms with Gasteiger partial charge in [-0.3, -0.25) is 0 Å². The van der Waals surface area contributed by atoms with Gasteiger partial charge in [-0.1, -0.05) is 0 Å². The Morgan fingerprint density at radius 2 is 1.67 bits per heavy atom. The number of hydrogen-bond acceptors (Lipinski definition) is 2. The fraction of sp³-hybridized carbons (Fsp3) is 0.400. The van der Waals surface area contributed by atoms with Gasteiger partial charge in [-0.05, 0) is 13.8 Å². The summed E-state index contributed by atoms with van der Waals surface area (Å²) in [6.07, 6.45) is -0.114. The maximum absolute atomic E-state index is 13.0. The first-order chi connectivity index (χ1) is 7.00. The molecule has 1 aromatic carbocycles. The number of hydrogen-bond donors (Lipinski definition) is 0. The lowest BCUT2D eigenvalue weighted by molar-refractivity contribution is -0.0234. The standard InChI is InChI=1S/C10H11F3O2/c1-6(2)14-5-15-10-8(12)3-7(11)4-9(10)13/h3-4,6H,5H2,1-2H3. The molecule has 0 unspecified atom stereocenters. The van der Waals surface area contributed by atoms with Crippen LogP contribution in [0.25, 0.3) is 0 Å². The van der Waals surface area contributed by atoms with Gasteiger partial charge in [-0.15, -0.1) is 0 Å². The van der Waals surface area contributed by atoms with Crippen molar-refractivity contribution < 1.29 is 22.6 Å². The van der Waals surface area contributed by atoms with Crippen LogP contribution >= 0.6 is 0 Å². The van der Waals surface area contributed by atoms with E-state index in [1.807, 2.05) is 0 Å². The van der Waals surface area contributed by atoms with E-state index in [9.17, 15) is 13.2 Å². The molecular weight excluding hydrogens is 209 g/mol. The quantitative estimate of drug-likeness (QED) is 0.726. The Bertz CT molecular complexity index is 316. The molecule has 0 aromatic heterocycles. The van der Waals surface area contributed by atoms with Gasteiger partial charge in [-0.2, -0.15) is 0 Å². The van der Waals surface area contributed by atoms with E-state index in [2.05, 4.69) is 0 Å². The molecule has 1 aromatic rings. The molecule has 0 aliphatic carbocycles. The summed E-state index contributed by atoms with van der Waals surface area (Å²) in [5, 5.41) is 0. The lowest BCUT2D eigenvalue weighted by atomic mass is 10.3. The highest BCUT2D eigenvalue weighted by molar-refractivity contribution is 5.26. The first kappa shape index (κ1) is 11.8. The number of benzene rings is 1. The average Bonchev–Trinajstić information content (AvgIpc) is 2.08. The third-order valence-electron chi connectivity index (χ3n) is 1.57. The van der Waals surface area contributed by atoms with Crippen molar-refractivity contribution in [1.29, 1.82) is 0 Å². The molecular formula is C10H11F3O2. The molecule has 0 amide bonds. The highest BCUT2D eigenvalue weighted by atomic mass is 19.1. The predicted molar refractivity (Wildman–Crippen MR) is 48.0 cm³/mol. The minimum absolute atomic E-state index is 0.114. The molecule has 0 bridgehead atoms. The van der Waals surface area contributed by atoms with E-state index in [1.165, 1.54) is 0 Å². The van der Waals surface area contributed by atoms with Gasteiger partial charge < -0.3 is 9.47 Å². The Kier molecular flexibility index (Phi) is 3.96. The Morgan fingerprint density at radius 1 is 1.13 bits per heavy atom. The third-order valence-corrected chi connectivity index (χ3v) is 1.57. The number of ether oxygens (including phenoxy) is 2. The van der Waals surface area contributed by atoms with E-state index in [4.69, 9.17) is 9.47 Å². The molecule has 2 nitrogen and oxygen atoms in total. The molecule has 15 heavy (non-hydrogen) atoms. The van der Waals surface area contributed by atoms with Gasteiger partial charge in [0.1, 0.15) is 5.82 Å². The van der Waals surface area contributed by atoms with Gasteiger partial charge in [0.15, 0.2) is 24.2 Å². The van der Waals surface area contributed by atoms with Crippen LogP contribution in [0.2, 0.25) is 0 Å². The molecule has 0 saturated heterocycles. The lowest BCUT2D eigenvalue weighted by Crippen LogP contribution is -2.10. The molecule has 0 aliphatic rings. The largest absolute Gasteiger partial charge is 0.461 e. The molecule has 0 atom stereocenters. The van der Waals surface area contributed by atoms with E-state index >= 15 is 0 Å². The molecule has 1 rings (SSSR count). The summed E-state index contributed by atoms with van der Waals surface area (Å²) in [5.74, 6) is -3.78. The van der Waals surface area contributed by atoms with Crippen molar-refractivity contribution in [2.45, 2.75) is 20.0 Å². The SMILES string of the molecule is CC(C)OCOc1c(F)cc(F)cc1F. The lowest BCUT2D eigenvalue weighted by Gasteiger charge is -2.10. The Morgan fingerprint density at radius 3 is 2.13 bits per heavy atom. The zero-order valence-electron chi connectivity index (χ0n) is 8.39. The first-order valence-electron chi connectivity index (χ1n) is 4.39. The molecule has 0 heterocycles. The zero-order valence-corrected chi connectivity index (χ0v) is 8.39. The van der Waals surface area contributed by atoms with Crippen molar-refractivity contribution in [3.8, 4) is 5.75 Å². The van der Waals surface area contributed by atoms with E-state index in [0.29, 0.717) is 12.1 Å². The fourth-order valence-corrected chi connectivity index (χ4v) is 0.896. The molecule has 84 valence electrons. The summed E-state index contributed by atoms with van der Waals surface area (Å²) in [4.78, 5) is 0. The van der Waals surface area contributed by atoms with Gasteiger partial charge in [-0.25, -0.2) is 13.2 Å². The second-order valence-corrected chi connectivity index (χ2v) is 3.18. The Labute approximate surface area is 85.6 Å². The second kappa shape index (κ2) is 5.02. The average molecular weight is 220 g/mol. The number of halogens is 3. The normalized spacial score (nSPS) is 10.8. The van der Waals surface area contributed by atoms with Crippen LogP contribution in [-0.2, 0) is 4.74 Å². The molecule has 5 heteroatoms. The van der Waals surface area contributed by atoms with E-state index < -0.39 is 23.2 Å². The third kappa shape index (κ3) is 3.43. The van der Waals surface area contributed by atoms with Crippen LogP contribution in [0.4, 0.5) is 13.2 Å². The van der Waals surface area contributed by atoms with Crippen LogP contribution in [0, 0.1) is 17.5 Å². The first-order valence-corrected chi connectivity index (χ1v) is 4.39. The van der Waals surface area contributed by atoms with Crippen LogP contribution in [0.3, 0.4) is 0 Å². The van der Waals surface area contributed by atoms with Crippen LogP contribution in [-0.4, -0.2) is 12.9 Å². The van der Waals surface area contributed by atoms with Gasteiger partial charge in [0.05, 0.1) is 6.10 Å². The van der Waals surface area contributed by atoms with E-state index in [0.717, 1.165) is 0 Å². The van der Waals surface area contributed by atoms with Crippen molar-refractivity contribution in [3.63, 3.8) is 0 Å². The smallest absolute Gasteiger partial charge is 0.193 e. The Balaban J connectivity index is 2.68. The molecule has 0 aliphatic heterocycles. The number of rotatable bonds is 4. The highest BCUT2D eigenvalue weighted by Gasteiger charge is 2.12. The minimum Gasteiger partial charge on any atom is -0.461 e. The van der Waals surface area contributed by atoms with Gasteiger partial charge in [0.2, 0.25) is 0 Å². The molecule has 0 saturated carbocycles. The van der Waals surface area contributed by atoms with Crippen LogP contribution in [0.15, 0.2) is 12.1 Å². The highest BCUT2D eigenvalue weighted by Crippen LogP contribution is 2.22. The minimum atomic E-state index is -1.08. The van der Waals surface area contributed by atoms with E-state index in [-0.39, 0.29) is 12.9 Å². The summed E-state index contributed by atoms with van der Waals surface area (Å²) >= 11 is 0. The van der Waals surface area contributed by atoms with Crippen molar-refractivity contribution in [2.75, 3.05) is 6.79 Å². The molecule has 0 spiro atoms. The van der Waals surface area contributed by atoms with Gasteiger partial charge in [0, 0.05) is 12.1 Å². The van der Waals surface area contributed by atoms with Crippen molar-refractivity contribution >= 4 is 0 Å². The Hall–Kier alpha value is -1.23. The van der Waals surface area contributed by atoms with Crippen molar-refractivity contribution in [2.24, 2.45) is 0 Å². The fourth-order valence-electron chi connectivity index (χ4n) is 0.896. The molecule has 0 radical (unpaired) electrons. The maximum atomic E-state index is 13.0. The van der Waals surface area contributed by atoms with Crippen LogP contribution < -0.4 is 4.74 Å². The second-order valence-electron chi connectivity index (χ2n) is 3.18. The summed E-state index contributed by atoms with van der Waals surface area (Å²) in [5.41, 5.74) is 0. The topological polar surface area (TPSA) is 18.5 Å². The molecule has 0 fully saturated rings. The van der Waals surface area contributed by atoms with Crippen molar-refractivity contribution in [3.05, 3.63) is 29.6 Å². The summed E-state index contributed by atoms with van der Waals surface area (Å²) in [6, 6.07) is 1.10. The van der Waals surface area contributed by atoms with Crippen molar-refractivity contribution in [1.82, 2.24) is 0 Å².